The Labute approximate surface area is 173 Å². The predicted octanol–water partition coefficient (Wildman–Crippen LogP) is 4.06. The number of carbonyl (C=O) groups is 1. The van der Waals surface area contributed by atoms with Gasteiger partial charge in [0.1, 0.15) is 0 Å². The highest BCUT2D eigenvalue weighted by Crippen LogP contribution is 2.26. The topological polar surface area (TPSA) is 54.5 Å². The van der Waals surface area contributed by atoms with Crippen LogP contribution in [0.1, 0.15) is 27.0 Å². The zero-order valence-electron chi connectivity index (χ0n) is 15.7. The number of thiophene rings is 1. The van der Waals surface area contributed by atoms with E-state index in [1.165, 1.54) is 4.88 Å². The summed E-state index contributed by atoms with van der Waals surface area (Å²) in [5, 5.41) is 6.69. The molecule has 5 nitrogen and oxygen atoms in total. The largest absolute Gasteiger partial charge is 0.379 e. The fourth-order valence-electron chi connectivity index (χ4n) is 3.54. The van der Waals surface area contributed by atoms with Crippen molar-refractivity contribution in [2.45, 2.75) is 13.0 Å². The fraction of sp³-hybridized carbons (Fsp3) is 0.333. The first-order valence-electron chi connectivity index (χ1n) is 9.32. The van der Waals surface area contributed by atoms with Crippen LogP contribution in [0.15, 0.2) is 41.8 Å². The van der Waals surface area contributed by atoms with Gasteiger partial charge in [0.25, 0.3) is 5.91 Å². The van der Waals surface area contributed by atoms with Crippen LogP contribution in [0, 0.1) is 6.92 Å². The van der Waals surface area contributed by atoms with E-state index in [2.05, 4.69) is 32.7 Å². The van der Waals surface area contributed by atoms with Gasteiger partial charge in [-0.15, -0.1) is 11.3 Å². The molecule has 7 heteroatoms. The van der Waals surface area contributed by atoms with Gasteiger partial charge in [0, 0.05) is 34.9 Å². The first-order chi connectivity index (χ1) is 13.6. The molecule has 4 rings (SSSR count). The third-order valence-electron chi connectivity index (χ3n) is 5.03. The van der Waals surface area contributed by atoms with Crippen LogP contribution in [0.2, 0.25) is 5.02 Å². The highest BCUT2D eigenvalue weighted by molar-refractivity contribution is 7.10. The number of halogens is 1. The van der Waals surface area contributed by atoms with E-state index in [9.17, 15) is 4.79 Å². The van der Waals surface area contributed by atoms with Gasteiger partial charge in [-0.05, 0) is 42.6 Å². The number of fused-ring (bicyclic) bond motifs is 1. The molecule has 0 saturated carbocycles. The van der Waals surface area contributed by atoms with Crippen LogP contribution in [0.4, 0.5) is 0 Å². The second-order valence-electron chi connectivity index (χ2n) is 6.85. The molecule has 3 heterocycles. The van der Waals surface area contributed by atoms with Crippen molar-refractivity contribution in [3.05, 3.63) is 62.9 Å². The summed E-state index contributed by atoms with van der Waals surface area (Å²) in [5.41, 5.74) is 2.14. The van der Waals surface area contributed by atoms with Crippen molar-refractivity contribution in [2.75, 3.05) is 32.8 Å². The minimum Gasteiger partial charge on any atom is -0.379 e. The number of amides is 1. The van der Waals surface area contributed by atoms with Crippen LogP contribution >= 0.6 is 22.9 Å². The van der Waals surface area contributed by atoms with Crippen molar-refractivity contribution < 1.29 is 9.53 Å². The first-order valence-corrected chi connectivity index (χ1v) is 10.6. The molecule has 1 amide bonds. The summed E-state index contributed by atoms with van der Waals surface area (Å²) in [6.07, 6.45) is 0. The number of morpholine rings is 1. The van der Waals surface area contributed by atoms with E-state index in [4.69, 9.17) is 16.3 Å². The summed E-state index contributed by atoms with van der Waals surface area (Å²) in [5.74, 6) is -0.110. The van der Waals surface area contributed by atoms with Gasteiger partial charge in [-0.25, -0.2) is 0 Å². The van der Waals surface area contributed by atoms with E-state index in [0.29, 0.717) is 22.8 Å². The Hall–Kier alpha value is -1.99. The number of benzene rings is 1. The number of pyridine rings is 1. The van der Waals surface area contributed by atoms with E-state index in [0.717, 1.165) is 37.2 Å². The first kappa shape index (κ1) is 19.3. The van der Waals surface area contributed by atoms with Crippen molar-refractivity contribution in [1.82, 2.24) is 15.2 Å². The summed E-state index contributed by atoms with van der Waals surface area (Å²) in [6, 6.07) is 11.7. The van der Waals surface area contributed by atoms with Gasteiger partial charge in [-0.3, -0.25) is 14.7 Å². The van der Waals surface area contributed by atoms with Gasteiger partial charge in [0.15, 0.2) is 0 Å². The molecule has 146 valence electrons. The Morgan fingerprint density at radius 1 is 1.32 bits per heavy atom. The molecule has 1 atom stereocenters. The smallest absolute Gasteiger partial charge is 0.253 e. The highest BCUT2D eigenvalue weighted by Gasteiger charge is 2.24. The van der Waals surface area contributed by atoms with Gasteiger partial charge in [-0.2, -0.15) is 0 Å². The lowest BCUT2D eigenvalue weighted by atomic mass is 10.1. The number of nitrogens with zero attached hydrogens (tertiary/aromatic N) is 2. The monoisotopic (exact) mass is 415 g/mol. The number of ether oxygens (including phenoxy) is 1. The molecule has 2 aromatic heterocycles. The van der Waals surface area contributed by atoms with Crippen LogP contribution in [0.25, 0.3) is 10.9 Å². The molecule has 0 spiro atoms. The number of hydrogen-bond donors (Lipinski definition) is 1. The molecule has 1 saturated heterocycles. The standard InChI is InChI=1S/C21H22ClN3O2S/c1-14-17(12-15-11-16(22)4-5-18(15)24-14)21(26)23-13-19(20-3-2-10-28-20)25-6-8-27-9-7-25/h2-5,10-12,19H,6-9,13H2,1H3,(H,23,26)/t19-/m1/s1. The van der Waals surface area contributed by atoms with Crippen molar-refractivity contribution in [1.29, 1.82) is 0 Å². The zero-order chi connectivity index (χ0) is 19.5. The van der Waals surface area contributed by atoms with Crippen molar-refractivity contribution in [3.8, 4) is 0 Å². The van der Waals surface area contributed by atoms with Gasteiger partial charge < -0.3 is 10.1 Å². The van der Waals surface area contributed by atoms with Crippen LogP contribution in [0.3, 0.4) is 0 Å². The number of aromatic nitrogens is 1. The lowest BCUT2D eigenvalue weighted by molar-refractivity contribution is 0.0169. The van der Waals surface area contributed by atoms with Crippen LogP contribution in [-0.2, 0) is 4.74 Å². The SMILES string of the molecule is Cc1nc2ccc(Cl)cc2cc1C(=O)NC[C@H](c1cccs1)N1CCOCC1. The van der Waals surface area contributed by atoms with Crippen LogP contribution in [0.5, 0.6) is 0 Å². The number of rotatable bonds is 5. The summed E-state index contributed by atoms with van der Waals surface area (Å²) in [6.45, 7) is 5.60. The molecule has 1 N–H and O–H groups in total. The number of aryl methyl sites for hydroxylation is 1. The Bertz CT molecular complexity index is 971. The third-order valence-corrected chi connectivity index (χ3v) is 6.23. The van der Waals surface area contributed by atoms with Gasteiger partial charge >= 0.3 is 0 Å². The summed E-state index contributed by atoms with van der Waals surface area (Å²) >= 11 is 7.81. The van der Waals surface area contributed by atoms with Gasteiger partial charge in [0.2, 0.25) is 0 Å². The maximum absolute atomic E-state index is 12.9. The quantitative estimate of drug-likeness (QED) is 0.682. The Morgan fingerprint density at radius 2 is 2.14 bits per heavy atom. The molecule has 3 aromatic rings. The second-order valence-corrected chi connectivity index (χ2v) is 8.26. The average Bonchev–Trinajstić information content (AvgIpc) is 3.23. The molecule has 0 aliphatic carbocycles. The Kier molecular flexibility index (Phi) is 5.92. The molecular weight excluding hydrogens is 394 g/mol. The second kappa shape index (κ2) is 8.57. The molecule has 0 bridgehead atoms. The maximum Gasteiger partial charge on any atom is 0.253 e. The van der Waals surface area contributed by atoms with E-state index in [1.807, 2.05) is 31.2 Å². The number of nitrogens with one attached hydrogen (secondary N) is 1. The Morgan fingerprint density at radius 3 is 2.89 bits per heavy atom. The lowest BCUT2D eigenvalue weighted by Crippen LogP contribution is -2.43. The summed E-state index contributed by atoms with van der Waals surface area (Å²) in [4.78, 5) is 21.1. The van der Waals surface area contributed by atoms with Crippen molar-refractivity contribution in [3.63, 3.8) is 0 Å². The van der Waals surface area contributed by atoms with Crippen molar-refractivity contribution >= 4 is 39.7 Å². The lowest BCUT2D eigenvalue weighted by Gasteiger charge is -2.34. The minimum atomic E-state index is -0.110. The third kappa shape index (κ3) is 4.20. The van der Waals surface area contributed by atoms with E-state index in [-0.39, 0.29) is 11.9 Å². The zero-order valence-corrected chi connectivity index (χ0v) is 17.2. The van der Waals surface area contributed by atoms with Crippen LogP contribution in [-0.4, -0.2) is 48.6 Å². The minimum absolute atomic E-state index is 0.110. The molecule has 1 fully saturated rings. The molecule has 1 aromatic carbocycles. The molecule has 1 aliphatic heterocycles. The normalized spacial score (nSPS) is 16.2. The average molecular weight is 416 g/mol. The summed E-state index contributed by atoms with van der Waals surface area (Å²) in [7, 11) is 0. The van der Waals surface area contributed by atoms with Crippen LogP contribution < -0.4 is 5.32 Å². The van der Waals surface area contributed by atoms with E-state index >= 15 is 0 Å². The molecule has 1 aliphatic rings. The molecular formula is C21H22ClN3O2S. The number of hydrogen-bond acceptors (Lipinski definition) is 5. The van der Waals surface area contributed by atoms with E-state index < -0.39 is 0 Å². The molecule has 0 unspecified atom stereocenters. The number of carbonyl (C=O) groups excluding carboxylic acids is 1. The maximum atomic E-state index is 12.9. The van der Waals surface area contributed by atoms with Gasteiger partial charge in [0.05, 0.1) is 36.0 Å². The highest BCUT2D eigenvalue weighted by atomic mass is 35.5. The van der Waals surface area contributed by atoms with Crippen molar-refractivity contribution in [2.24, 2.45) is 0 Å². The Balaban J connectivity index is 1.53. The summed E-state index contributed by atoms with van der Waals surface area (Å²) < 4.78 is 5.48. The molecule has 28 heavy (non-hydrogen) atoms. The fourth-order valence-corrected chi connectivity index (χ4v) is 4.58. The van der Waals surface area contributed by atoms with E-state index in [1.54, 1.807) is 11.3 Å². The van der Waals surface area contributed by atoms with Gasteiger partial charge in [-0.1, -0.05) is 17.7 Å². The molecule has 0 radical (unpaired) electrons. The predicted molar refractivity (Wildman–Crippen MR) is 113 cm³/mol.